The van der Waals surface area contributed by atoms with Crippen molar-refractivity contribution in [1.29, 1.82) is 0 Å². The molecule has 3 aromatic rings. The van der Waals surface area contributed by atoms with Crippen molar-refractivity contribution in [3.8, 4) is 22.4 Å². The van der Waals surface area contributed by atoms with Crippen molar-refractivity contribution in [2.45, 2.75) is 5.88 Å². The average molecular weight is 316 g/mol. The van der Waals surface area contributed by atoms with Gasteiger partial charge < -0.3 is 0 Å². The van der Waals surface area contributed by atoms with Gasteiger partial charge in [-0.3, -0.25) is 4.98 Å². The van der Waals surface area contributed by atoms with Gasteiger partial charge in [-0.1, -0.05) is 24.3 Å². The minimum absolute atomic E-state index is 0.261. The van der Waals surface area contributed by atoms with Gasteiger partial charge in [0.2, 0.25) is 0 Å². The predicted molar refractivity (Wildman–Crippen MR) is 84.6 cm³/mol. The third kappa shape index (κ3) is 3.00. The van der Waals surface area contributed by atoms with Crippen LogP contribution in [0.1, 0.15) is 5.56 Å². The normalized spacial score (nSPS) is 10.7. The Bertz CT molecular complexity index is 818. The van der Waals surface area contributed by atoms with Crippen molar-refractivity contribution in [2.75, 3.05) is 0 Å². The summed E-state index contributed by atoms with van der Waals surface area (Å²) in [4.78, 5) is 4.36. The Kier molecular flexibility index (Phi) is 4.16. The molecule has 2 aromatic carbocycles. The summed E-state index contributed by atoms with van der Waals surface area (Å²) < 4.78 is 26.7. The Labute approximate surface area is 132 Å². The molecule has 0 saturated carbocycles. The van der Waals surface area contributed by atoms with Gasteiger partial charge in [-0.05, 0) is 41.5 Å². The Morgan fingerprint density at radius 2 is 1.50 bits per heavy atom. The van der Waals surface area contributed by atoms with Crippen molar-refractivity contribution >= 4 is 11.6 Å². The van der Waals surface area contributed by atoms with E-state index in [1.165, 1.54) is 24.3 Å². The van der Waals surface area contributed by atoms with Crippen LogP contribution in [0, 0.1) is 11.6 Å². The maximum atomic E-state index is 13.4. The number of rotatable bonds is 3. The summed E-state index contributed by atoms with van der Waals surface area (Å²) in [5.41, 5.74) is 3.62. The summed E-state index contributed by atoms with van der Waals surface area (Å²) in [6, 6.07) is 14.3. The lowest BCUT2D eigenvalue weighted by Gasteiger charge is -2.10. The van der Waals surface area contributed by atoms with E-state index in [1.807, 2.05) is 6.07 Å². The lowest BCUT2D eigenvalue weighted by Crippen LogP contribution is -1.93. The molecule has 3 rings (SSSR count). The molecule has 0 fully saturated rings. The smallest absolute Gasteiger partial charge is 0.123 e. The fraction of sp³-hybridized carbons (Fsp3) is 0.0556. The summed E-state index contributed by atoms with van der Waals surface area (Å²) in [5, 5.41) is 0. The number of pyridine rings is 1. The topological polar surface area (TPSA) is 12.9 Å². The number of hydrogen-bond acceptors (Lipinski definition) is 1. The maximum Gasteiger partial charge on any atom is 0.123 e. The van der Waals surface area contributed by atoms with Crippen LogP contribution < -0.4 is 0 Å². The van der Waals surface area contributed by atoms with Crippen molar-refractivity contribution in [3.05, 3.63) is 78.0 Å². The first-order valence-electron chi connectivity index (χ1n) is 6.74. The van der Waals surface area contributed by atoms with E-state index < -0.39 is 0 Å². The van der Waals surface area contributed by atoms with Crippen molar-refractivity contribution in [3.63, 3.8) is 0 Å². The highest BCUT2D eigenvalue weighted by atomic mass is 35.5. The van der Waals surface area contributed by atoms with Gasteiger partial charge in [-0.15, -0.1) is 11.6 Å². The average Bonchev–Trinajstić information content (AvgIpc) is 2.54. The third-order valence-corrected chi connectivity index (χ3v) is 3.68. The van der Waals surface area contributed by atoms with E-state index in [4.69, 9.17) is 11.6 Å². The minimum atomic E-state index is -0.319. The Morgan fingerprint density at radius 3 is 2.14 bits per heavy atom. The van der Waals surface area contributed by atoms with Crippen LogP contribution in [0.15, 0.2) is 60.8 Å². The van der Waals surface area contributed by atoms with E-state index in [-0.39, 0.29) is 17.5 Å². The highest BCUT2D eigenvalue weighted by Gasteiger charge is 2.09. The van der Waals surface area contributed by atoms with Gasteiger partial charge in [0, 0.05) is 23.2 Å². The highest BCUT2D eigenvalue weighted by molar-refractivity contribution is 6.17. The number of nitrogens with zero attached hydrogens (tertiary/aromatic N) is 1. The second kappa shape index (κ2) is 6.24. The molecule has 0 aliphatic heterocycles. The molecule has 4 heteroatoms. The SMILES string of the molecule is Fc1cccc(-c2cc(CCl)c(-c3cccc(F)c3)cn2)c1. The molecule has 1 nitrogen and oxygen atoms in total. The molecule has 0 aliphatic rings. The molecule has 0 aliphatic carbocycles. The van der Waals surface area contributed by atoms with E-state index in [1.54, 1.807) is 30.5 Å². The molecule has 0 saturated heterocycles. The van der Waals surface area contributed by atoms with Crippen LogP contribution in [0.25, 0.3) is 22.4 Å². The van der Waals surface area contributed by atoms with Gasteiger partial charge in [0.25, 0.3) is 0 Å². The molecule has 0 spiro atoms. The second-order valence-electron chi connectivity index (χ2n) is 4.88. The molecule has 0 bridgehead atoms. The molecule has 0 amide bonds. The van der Waals surface area contributed by atoms with Gasteiger partial charge in [0.05, 0.1) is 5.69 Å². The van der Waals surface area contributed by atoms with E-state index in [0.717, 1.165) is 11.1 Å². The monoisotopic (exact) mass is 315 g/mol. The predicted octanol–water partition coefficient (Wildman–Crippen LogP) is 5.43. The molecule has 1 heterocycles. The van der Waals surface area contributed by atoms with Crippen molar-refractivity contribution in [2.24, 2.45) is 0 Å². The number of hydrogen-bond donors (Lipinski definition) is 0. The van der Waals surface area contributed by atoms with Gasteiger partial charge in [-0.25, -0.2) is 8.78 Å². The van der Waals surface area contributed by atoms with E-state index in [2.05, 4.69) is 4.98 Å². The lowest BCUT2D eigenvalue weighted by atomic mass is 10.0. The van der Waals surface area contributed by atoms with Crippen molar-refractivity contribution < 1.29 is 8.78 Å². The van der Waals surface area contributed by atoms with Crippen LogP contribution in [-0.4, -0.2) is 4.98 Å². The quantitative estimate of drug-likeness (QED) is 0.587. The summed E-state index contributed by atoms with van der Waals surface area (Å²) in [6.07, 6.45) is 1.65. The van der Waals surface area contributed by atoms with Crippen molar-refractivity contribution in [1.82, 2.24) is 4.98 Å². The number of benzene rings is 2. The first-order valence-corrected chi connectivity index (χ1v) is 7.27. The molecule has 0 atom stereocenters. The summed E-state index contributed by atoms with van der Waals surface area (Å²) in [7, 11) is 0. The van der Waals surface area contributed by atoms with Gasteiger partial charge in [-0.2, -0.15) is 0 Å². The van der Waals surface area contributed by atoms with E-state index in [0.29, 0.717) is 16.8 Å². The number of aromatic nitrogens is 1. The standard InChI is InChI=1S/C18H12ClF2N/c19-10-14-9-18(13-4-2-6-16(21)8-13)22-11-17(14)12-3-1-5-15(20)7-12/h1-9,11H,10H2. The first kappa shape index (κ1) is 14.7. The zero-order valence-corrected chi connectivity index (χ0v) is 12.3. The molecular weight excluding hydrogens is 304 g/mol. The van der Waals surface area contributed by atoms with Crippen LogP contribution in [0.4, 0.5) is 8.78 Å². The van der Waals surface area contributed by atoms with Crippen LogP contribution >= 0.6 is 11.6 Å². The summed E-state index contributed by atoms with van der Waals surface area (Å²) >= 11 is 6.02. The Balaban J connectivity index is 2.08. The molecule has 22 heavy (non-hydrogen) atoms. The second-order valence-corrected chi connectivity index (χ2v) is 5.15. The largest absolute Gasteiger partial charge is 0.256 e. The number of alkyl halides is 1. The van der Waals surface area contributed by atoms with E-state index in [9.17, 15) is 8.78 Å². The minimum Gasteiger partial charge on any atom is -0.256 e. The van der Waals surface area contributed by atoms with E-state index >= 15 is 0 Å². The lowest BCUT2D eigenvalue weighted by molar-refractivity contribution is 0.628. The Hall–Kier alpha value is -2.26. The van der Waals surface area contributed by atoms with Crippen LogP contribution in [0.2, 0.25) is 0 Å². The van der Waals surface area contributed by atoms with Crippen LogP contribution in [0.5, 0.6) is 0 Å². The maximum absolute atomic E-state index is 13.4. The van der Waals surface area contributed by atoms with Gasteiger partial charge in [0.15, 0.2) is 0 Å². The molecule has 0 radical (unpaired) electrons. The number of halogens is 3. The molecule has 0 unspecified atom stereocenters. The fourth-order valence-electron chi connectivity index (χ4n) is 2.33. The van der Waals surface area contributed by atoms with Gasteiger partial charge in [0.1, 0.15) is 11.6 Å². The highest BCUT2D eigenvalue weighted by Crippen LogP contribution is 2.28. The van der Waals surface area contributed by atoms with Crippen LogP contribution in [0.3, 0.4) is 0 Å². The summed E-state index contributed by atoms with van der Waals surface area (Å²) in [5.74, 6) is -0.371. The molecule has 110 valence electrons. The van der Waals surface area contributed by atoms with Gasteiger partial charge >= 0.3 is 0 Å². The molecule has 1 aromatic heterocycles. The Morgan fingerprint density at radius 1 is 0.864 bits per heavy atom. The molecular formula is C18H12ClF2N. The van der Waals surface area contributed by atoms with Crippen LogP contribution in [-0.2, 0) is 5.88 Å². The summed E-state index contributed by atoms with van der Waals surface area (Å²) in [6.45, 7) is 0. The zero-order valence-electron chi connectivity index (χ0n) is 11.6. The molecule has 0 N–H and O–H groups in total. The third-order valence-electron chi connectivity index (χ3n) is 3.39. The zero-order chi connectivity index (χ0) is 15.5. The first-order chi connectivity index (χ1) is 10.7. The fourth-order valence-corrected chi connectivity index (χ4v) is 2.55.